The number of methoxy groups -OCH3 is 1. The van der Waals surface area contributed by atoms with Gasteiger partial charge in [-0.05, 0) is 42.2 Å². The maximum absolute atomic E-state index is 12.4. The maximum atomic E-state index is 12.4. The van der Waals surface area contributed by atoms with Crippen LogP contribution in [-0.4, -0.2) is 18.7 Å². The molecule has 4 heteroatoms. The molecule has 1 aliphatic heterocycles. The van der Waals surface area contributed by atoms with Crippen LogP contribution in [0.15, 0.2) is 42.5 Å². The van der Waals surface area contributed by atoms with Gasteiger partial charge in [-0.3, -0.25) is 4.79 Å². The zero-order valence-electron chi connectivity index (χ0n) is 12.5. The van der Waals surface area contributed by atoms with Gasteiger partial charge in [0.1, 0.15) is 11.4 Å². The highest BCUT2D eigenvalue weighted by Crippen LogP contribution is 2.37. The van der Waals surface area contributed by atoms with E-state index >= 15 is 0 Å². The maximum Gasteiger partial charge on any atom is 0.255 e. The van der Waals surface area contributed by atoms with E-state index in [2.05, 4.69) is 16.7 Å². The summed E-state index contributed by atoms with van der Waals surface area (Å²) in [6.45, 7) is 0. The molecule has 4 nitrogen and oxygen atoms in total. The van der Waals surface area contributed by atoms with Gasteiger partial charge < -0.3 is 15.4 Å². The molecule has 1 amide bonds. The minimum atomic E-state index is -0.398. The summed E-state index contributed by atoms with van der Waals surface area (Å²) in [6.07, 6.45) is 2.49. The summed E-state index contributed by atoms with van der Waals surface area (Å²) in [7, 11) is 1.71. The first-order valence-corrected chi connectivity index (χ1v) is 7.55. The molecule has 1 atom stereocenters. The van der Waals surface area contributed by atoms with Gasteiger partial charge in [-0.2, -0.15) is 0 Å². The summed E-state index contributed by atoms with van der Waals surface area (Å²) in [5.41, 5.74) is 3.72. The number of benzene rings is 2. The molecule has 0 bridgehead atoms. The summed E-state index contributed by atoms with van der Waals surface area (Å²) in [6, 6.07) is 13.8. The molecule has 1 aliphatic carbocycles. The predicted molar refractivity (Wildman–Crippen MR) is 85.3 cm³/mol. The monoisotopic (exact) mass is 294 g/mol. The van der Waals surface area contributed by atoms with E-state index in [9.17, 15) is 4.79 Å². The Hall–Kier alpha value is -2.49. The lowest BCUT2D eigenvalue weighted by Gasteiger charge is -2.43. The number of amides is 1. The first-order chi connectivity index (χ1) is 10.7. The second-order valence-electron chi connectivity index (χ2n) is 5.98. The molecule has 4 rings (SSSR count). The number of ether oxygens (including phenoxy) is 1. The Morgan fingerprint density at radius 1 is 1.09 bits per heavy atom. The van der Waals surface area contributed by atoms with Crippen LogP contribution in [0.5, 0.6) is 5.75 Å². The van der Waals surface area contributed by atoms with Gasteiger partial charge in [-0.15, -0.1) is 0 Å². The van der Waals surface area contributed by atoms with Crippen molar-refractivity contribution in [2.24, 2.45) is 0 Å². The Morgan fingerprint density at radius 2 is 1.95 bits per heavy atom. The number of para-hydroxylation sites is 1. The van der Waals surface area contributed by atoms with E-state index < -0.39 is 5.66 Å². The van der Waals surface area contributed by atoms with Crippen molar-refractivity contribution in [2.75, 3.05) is 12.4 Å². The molecule has 2 N–H and O–H groups in total. The van der Waals surface area contributed by atoms with Gasteiger partial charge in [0.15, 0.2) is 0 Å². The van der Waals surface area contributed by atoms with Crippen molar-refractivity contribution in [3.8, 4) is 5.75 Å². The number of carbonyl (C=O) groups is 1. The van der Waals surface area contributed by atoms with Gasteiger partial charge in [0.2, 0.25) is 0 Å². The molecule has 2 aromatic rings. The summed E-state index contributed by atoms with van der Waals surface area (Å²) in [5, 5.41) is 6.72. The average molecular weight is 294 g/mol. The number of nitrogens with one attached hydrogen (secondary N) is 2. The van der Waals surface area contributed by atoms with Crippen LogP contribution in [0.2, 0.25) is 0 Å². The third-order valence-corrected chi connectivity index (χ3v) is 4.64. The summed E-state index contributed by atoms with van der Waals surface area (Å²) in [4.78, 5) is 12.4. The number of hydrogen-bond acceptors (Lipinski definition) is 3. The van der Waals surface area contributed by atoms with Crippen molar-refractivity contribution < 1.29 is 9.53 Å². The van der Waals surface area contributed by atoms with E-state index in [1.54, 1.807) is 7.11 Å². The third-order valence-electron chi connectivity index (χ3n) is 4.64. The van der Waals surface area contributed by atoms with Crippen molar-refractivity contribution in [2.45, 2.75) is 24.9 Å². The van der Waals surface area contributed by atoms with Gasteiger partial charge in [-0.25, -0.2) is 0 Å². The highest BCUT2D eigenvalue weighted by atomic mass is 16.5. The van der Waals surface area contributed by atoms with Crippen molar-refractivity contribution in [1.82, 2.24) is 5.32 Å². The molecular formula is C18H18N2O2. The standard InChI is InChI=1S/C18H18N2O2/c1-22-16-8-4-5-12-11-18(10-9-13(12)16)19-15-7-3-2-6-14(15)17(21)20-18/h2-8,19H,9-11H2,1H3,(H,20,21). The molecule has 112 valence electrons. The van der Waals surface area contributed by atoms with Crippen LogP contribution in [0.4, 0.5) is 5.69 Å². The van der Waals surface area contributed by atoms with Crippen LogP contribution in [0.3, 0.4) is 0 Å². The first-order valence-electron chi connectivity index (χ1n) is 7.55. The van der Waals surface area contributed by atoms with Gasteiger partial charge in [0, 0.05) is 12.1 Å². The topological polar surface area (TPSA) is 50.4 Å². The van der Waals surface area contributed by atoms with Gasteiger partial charge in [0.25, 0.3) is 5.91 Å². The fraction of sp³-hybridized carbons (Fsp3) is 0.278. The lowest BCUT2D eigenvalue weighted by molar-refractivity contribution is 0.0892. The highest BCUT2D eigenvalue weighted by Gasteiger charge is 2.40. The van der Waals surface area contributed by atoms with Gasteiger partial charge in [0.05, 0.1) is 12.7 Å². The van der Waals surface area contributed by atoms with Crippen molar-refractivity contribution in [1.29, 1.82) is 0 Å². The van der Waals surface area contributed by atoms with Crippen LogP contribution in [0.1, 0.15) is 27.9 Å². The highest BCUT2D eigenvalue weighted by molar-refractivity contribution is 6.02. The number of hydrogen-bond donors (Lipinski definition) is 2. The van der Waals surface area contributed by atoms with Crippen molar-refractivity contribution in [3.05, 3.63) is 59.2 Å². The quantitative estimate of drug-likeness (QED) is 0.850. The van der Waals surface area contributed by atoms with Gasteiger partial charge >= 0.3 is 0 Å². The summed E-state index contributed by atoms with van der Waals surface area (Å²) < 4.78 is 5.46. The molecular weight excluding hydrogens is 276 g/mol. The zero-order chi connectivity index (χ0) is 15.2. The van der Waals surface area contributed by atoms with Crippen LogP contribution in [0, 0.1) is 0 Å². The van der Waals surface area contributed by atoms with Crippen LogP contribution in [-0.2, 0) is 12.8 Å². The molecule has 0 saturated carbocycles. The second kappa shape index (κ2) is 4.77. The molecule has 0 saturated heterocycles. The van der Waals surface area contributed by atoms with Crippen LogP contribution < -0.4 is 15.4 Å². The Kier molecular flexibility index (Phi) is 2.86. The largest absolute Gasteiger partial charge is 0.496 e. The first kappa shape index (κ1) is 13.2. The normalized spacial score (nSPS) is 22.3. The van der Waals surface area contributed by atoms with E-state index in [1.807, 2.05) is 36.4 Å². The Labute approximate surface area is 129 Å². The molecule has 0 fully saturated rings. The molecule has 2 aliphatic rings. The molecule has 1 unspecified atom stereocenters. The molecule has 1 heterocycles. The van der Waals surface area contributed by atoms with Gasteiger partial charge in [-0.1, -0.05) is 24.3 Å². The third kappa shape index (κ3) is 1.95. The fourth-order valence-corrected chi connectivity index (χ4v) is 3.58. The van der Waals surface area contributed by atoms with E-state index in [0.717, 1.165) is 30.7 Å². The van der Waals surface area contributed by atoms with E-state index in [1.165, 1.54) is 11.1 Å². The molecule has 0 radical (unpaired) electrons. The Bertz CT molecular complexity index is 757. The summed E-state index contributed by atoms with van der Waals surface area (Å²) in [5.74, 6) is 0.940. The molecule has 22 heavy (non-hydrogen) atoms. The predicted octanol–water partition coefficient (Wildman–Crippen LogP) is 2.74. The van der Waals surface area contributed by atoms with E-state index in [4.69, 9.17) is 4.74 Å². The van der Waals surface area contributed by atoms with E-state index in [-0.39, 0.29) is 5.91 Å². The minimum absolute atomic E-state index is 0.000645. The minimum Gasteiger partial charge on any atom is -0.496 e. The Balaban J connectivity index is 1.72. The number of anilines is 1. The second-order valence-corrected chi connectivity index (χ2v) is 5.98. The number of carbonyl (C=O) groups excluding carboxylic acids is 1. The molecule has 0 aromatic heterocycles. The van der Waals surface area contributed by atoms with E-state index in [0.29, 0.717) is 5.56 Å². The Morgan fingerprint density at radius 3 is 2.82 bits per heavy atom. The van der Waals surface area contributed by atoms with Crippen molar-refractivity contribution >= 4 is 11.6 Å². The molecule has 1 spiro atoms. The molecule has 2 aromatic carbocycles. The average Bonchev–Trinajstić information content (AvgIpc) is 2.54. The van der Waals surface area contributed by atoms with Crippen LogP contribution >= 0.6 is 0 Å². The summed E-state index contributed by atoms with van der Waals surface area (Å²) >= 11 is 0. The lowest BCUT2D eigenvalue weighted by atomic mass is 9.81. The number of fused-ring (bicyclic) bond motifs is 2. The van der Waals surface area contributed by atoms with Crippen LogP contribution in [0.25, 0.3) is 0 Å². The fourth-order valence-electron chi connectivity index (χ4n) is 3.58. The lowest BCUT2D eigenvalue weighted by Crippen LogP contribution is -2.60. The zero-order valence-corrected chi connectivity index (χ0v) is 12.5. The van der Waals surface area contributed by atoms with Crippen molar-refractivity contribution in [3.63, 3.8) is 0 Å². The SMILES string of the molecule is COc1cccc2c1CCC1(C2)NC(=O)c2ccccc2N1. The number of rotatable bonds is 1. The smallest absolute Gasteiger partial charge is 0.255 e.